The molecule has 3 N–H and O–H groups in total. The fraction of sp³-hybridized carbons (Fsp3) is 0.625. The molecule has 0 radical (unpaired) electrons. The van der Waals surface area contributed by atoms with Crippen molar-refractivity contribution < 1.29 is 4.52 Å². The molecule has 1 atom stereocenters. The summed E-state index contributed by atoms with van der Waals surface area (Å²) in [6, 6.07) is 0. The molecule has 1 saturated heterocycles. The molecule has 0 amide bonds. The van der Waals surface area contributed by atoms with E-state index >= 15 is 0 Å². The minimum Gasteiger partial charge on any atom is -0.367 e. The largest absolute Gasteiger partial charge is 0.367 e. The molecule has 0 saturated carbocycles. The summed E-state index contributed by atoms with van der Waals surface area (Å²) < 4.78 is 4.91. The molecule has 2 heterocycles. The SMILES string of the molecule is Cc1noc(N)c1C1CCNC1. The minimum atomic E-state index is 0.487. The first kappa shape index (κ1) is 7.61. The maximum absolute atomic E-state index is 5.66. The average Bonchev–Trinajstić information content (AvgIpc) is 2.61. The second kappa shape index (κ2) is 2.79. The van der Waals surface area contributed by atoms with Crippen molar-refractivity contribution in [3.63, 3.8) is 0 Å². The number of hydrogen-bond acceptors (Lipinski definition) is 4. The van der Waals surface area contributed by atoms with Crippen LogP contribution in [0.15, 0.2) is 4.52 Å². The number of nitrogens with one attached hydrogen (secondary N) is 1. The van der Waals surface area contributed by atoms with Crippen LogP contribution in [0.25, 0.3) is 0 Å². The monoisotopic (exact) mass is 167 g/mol. The predicted octanol–water partition coefficient (Wildman–Crippen LogP) is 0.642. The van der Waals surface area contributed by atoms with Gasteiger partial charge >= 0.3 is 0 Å². The first-order chi connectivity index (χ1) is 5.79. The topological polar surface area (TPSA) is 64.1 Å². The Labute approximate surface area is 71.1 Å². The van der Waals surface area contributed by atoms with E-state index in [0.29, 0.717) is 11.8 Å². The molecular formula is C8H13N3O. The van der Waals surface area contributed by atoms with Gasteiger partial charge in [-0.15, -0.1) is 0 Å². The van der Waals surface area contributed by atoms with E-state index < -0.39 is 0 Å². The quantitative estimate of drug-likeness (QED) is 0.644. The van der Waals surface area contributed by atoms with Crippen LogP contribution in [0.2, 0.25) is 0 Å². The molecule has 1 aromatic heterocycles. The van der Waals surface area contributed by atoms with Crippen LogP contribution >= 0.6 is 0 Å². The Morgan fingerprint density at radius 1 is 1.67 bits per heavy atom. The van der Waals surface area contributed by atoms with Crippen LogP contribution < -0.4 is 11.1 Å². The molecule has 0 bridgehead atoms. The van der Waals surface area contributed by atoms with Gasteiger partial charge in [-0.1, -0.05) is 5.16 Å². The third kappa shape index (κ3) is 1.08. The van der Waals surface area contributed by atoms with Crippen molar-refractivity contribution in [3.05, 3.63) is 11.3 Å². The molecule has 12 heavy (non-hydrogen) atoms. The number of nitrogens with zero attached hydrogens (tertiary/aromatic N) is 1. The number of hydrogen-bond donors (Lipinski definition) is 2. The highest BCUT2D eigenvalue weighted by atomic mass is 16.5. The van der Waals surface area contributed by atoms with Gasteiger partial charge in [0.1, 0.15) is 0 Å². The summed E-state index contributed by atoms with van der Waals surface area (Å²) in [6.45, 7) is 3.99. The lowest BCUT2D eigenvalue weighted by molar-refractivity contribution is 0.430. The summed E-state index contributed by atoms with van der Waals surface area (Å²) in [5, 5.41) is 7.12. The van der Waals surface area contributed by atoms with Crippen molar-refractivity contribution in [2.75, 3.05) is 18.8 Å². The third-order valence-electron chi connectivity index (χ3n) is 2.40. The van der Waals surface area contributed by atoms with E-state index in [2.05, 4.69) is 10.5 Å². The third-order valence-corrected chi connectivity index (χ3v) is 2.40. The zero-order valence-electron chi connectivity index (χ0n) is 7.13. The molecule has 0 aromatic carbocycles. The first-order valence-corrected chi connectivity index (χ1v) is 4.21. The van der Waals surface area contributed by atoms with Crippen molar-refractivity contribution in [1.29, 1.82) is 0 Å². The Kier molecular flexibility index (Phi) is 1.77. The van der Waals surface area contributed by atoms with E-state index in [9.17, 15) is 0 Å². The number of nitrogen functional groups attached to an aromatic ring is 1. The zero-order chi connectivity index (χ0) is 8.55. The summed E-state index contributed by atoms with van der Waals surface area (Å²) in [7, 11) is 0. The molecule has 1 aromatic rings. The van der Waals surface area contributed by atoms with Gasteiger partial charge in [-0.05, 0) is 19.9 Å². The Bertz CT molecular complexity index is 256. The van der Waals surface area contributed by atoms with E-state index in [-0.39, 0.29) is 0 Å². The van der Waals surface area contributed by atoms with Gasteiger partial charge in [0, 0.05) is 18.0 Å². The lowest BCUT2D eigenvalue weighted by Gasteiger charge is -2.05. The van der Waals surface area contributed by atoms with Gasteiger partial charge in [-0.2, -0.15) is 0 Å². The highest BCUT2D eigenvalue weighted by Gasteiger charge is 2.23. The van der Waals surface area contributed by atoms with Gasteiger partial charge in [0.05, 0.1) is 5.69 Å². The Morgan fingerprint density at radius 3 is 3.00 bits per heavy atom. The van der Waals surface area contributed by atoms with Gasteiger partial charge in [-0.3, -0.25) is 0 Å². The van der Waals surface area contributed by atoms with E-state index in [1.165, 1.54) is 0 Å². The van der Waals surface area contributed by atoms with Crippen molar-refractivity contribution >= 4 is 5.88 Å². The van der Waals surface area contributed by atoms with Crippen molar-refractivity contribution in [1.82, 2.24) is 10.5 Å². The number of aryl methyl sites for hydroxylation is 1. The Hall–Kier alpha value is -1.03. The molecule has 2 rings (SSSR count). The van der Waals surface area contributed by atoms with E-state index in [1.807, 2.05) is 6.92 Å². The van der Waals surface area contributed by atoms with Crippen LogP contribution in [-0.2, 0) is 0 Å². The molecule has 0 spiro atoms. The standard InChI is InChI=1S/C8H13N3O/c1-5-7(8(9)12-11-5)6-2-3-10-4-6/h6,10H,2-4,9H2,1H3. The zero-order valence-corrected chi connectivity index (χ0v) is 7.13. The van der Waals surface area contributed by atoms with Crippen LogP contribution in [0, 0.1) is 6.92 Å². The van der Waals surface area contributed by atoms with Gasteiger partial charge in [0.2, 0.25) is 5.88 Å². The van der Waals surface area contributed by atoms with Crippen LogP contribution in [-0.4, -0.2) is 18.2 Å². The van der Waals surface area contributed by atoms with E-state index in [1.54, 1.807) is 0 Å². The Morgan fingerprint density at radius 2 is 2.50 bits per heavy atom. The molecule has 4 nitrogen and oxygen atoms in total. The van der Waals surface area contributed by atoms with Crippen LogP contribution in [0.4, 0.5) is 5.88 Å². The molecule has 4 heteroatoms. The maximum atomic E-state index is 5.66. The summed E-state index contributed by atoms with van der Waals surface area (Å²) in [4.78, 5) is 0. The number of rotatable bonds is 1. The van der Waals surface area contributed by atoms with Crippen molar-refractivity contribution in [2.24, 2.45) is 0 Å². The Balaban J connectivity index is 2.30. The second-order valence-corrected chi connectivity index (χ2v) is 3.24. The highest BCUT2D eigenvalue weighted by Crippen LogP contribution is 2.29. The molecular weight excluding hydrogens is 154 g/mol. The van der Waals surface area contributed by atoms with Gasteiger partial charge in [0.15, 0.2) is 0 Å². The highest BCUT2D eigenvalue weighted by molar-refractivity contribution is 5.42. The molecule has 0 aliphatic carbocycles. The minimum absolute atomic E-state index is 0.487. The molecule has 66 valence electrons. The summed E-state index contributed by atoms with van der Waals surface area (Å²) in [5.74, 6) is 0.984. The molecule has 1 fully saturated rings. The molecule has 1 unspecified atom stereocenters. The number of nitrogens with two attached hydrogens (primary N) is 1. The number of anilines is 1. The summed E-state index contributed by atoms with van der Waals surface area (Å²) >= 11 is 0. The first-order valence-electron chi connectivity index (χ1n) is 4.21. The number of aromatic nitrogens is 1. The normalized spacial score (nSPS) is 23.2. The second-order valence-electron chi connectivity index (χ2n) is 3.24. The van der Waals surface area contributed by atoms with Gasteiger partial charge in [-0.25, -0.2) is 0 Å². The summed E-state index contributed by atoms with van der Waals surface area (Å²) in [6.07, 6.45) is 1.13. The van der Waals surface area contributed by atoms with Crippen LogP contribution in [0.5, 0.6) is 0 Å². The lowest BCUT2D eigenvalue weighted by atomic mass is 9.99. The van der Waals surface area contributed by atoms with E-state index in [4.69, 9.17) is 10.3 Å². The van der Waals surface area contributed by atoms with Crippen LogP contribution in [0.3, 0.4) is 0 Å². The predicted molar refractivity (Wildman–Crippen MR) is 45.9 cm³/mol. The van der Waals surface area contributed by atoms with Gasteiger partial charge < -0.3 is 15.6 Å². The summed E-state index contributed by atoms with van der Waals surface area (Å²) in [5.41, 5.74) is 7.69. The molecule has 1 aliphatic rings. The van der Waals surface area contributed by atoms with Crippen molar-refractivity contribution in [3.8, 4) is 0 Å². The molecule has 1 aliphatic heterocycles. The van der Waals surface area contributed by atoms with E-state index in [0.717, 1.165) is 30.8 Å². The lowest BCUT2D eigenvalue weighted by Crippen LogP contribution is -2.09. The van der Waals surface area contributed by atoms with Crippen molar-refractivity contribution in [2.45, 2.75) is 19.3 Å². The fourth-order valence-electron chi connectivity index (χ4n) is 1.79. The smallest absolute Gasteiger partial charge is 0.225 e. The van der Waals surface area contributed by atoms with Crippen LogP contribution in [0.1, 0.15) is 23.6 Å². The fourth-order valence-corrected chi connectivity index (χ4v) is 1.79. The van der Waals surface area contributed by atoms with Gasteiger partial charge in [0.25, 0.3) is 0 Å². The average molecular weight is 167 g/mol. The maximum Gasteiger partial charge on any atom is 0.225 e.